The lowest BCUT2D eigenvalue weighted by molar-refractivity contribution is -0.125. The molecule has 3 N–H and O–H groups in total. The van der Waals surface area contributed by atoms with Gasteiger partial charge in [0.25, 0.3) is 0 Å². The van der Waals surface area contributed by atoms with Crippen LogP contribution in [0.5, 0.6) is 0 Å². The van der Waals surface area contributed by atoms with Crippen molar-refractivity contribution in [1.82, 2.24) is 15.5 Å². The van der Waals surface area contributed by atoms with Crippen LogP contribution in [0, 0.1) is 5.92 Å². The number of amides is 1. The summed E-state index contributed by atoms with van der Waals surface area (Å²) in [7, 11) is 0. The number of halogens is 1. The fourth-order valence-electron chi connectivity index (χ4n) is 2.94. The molecule has 0 bridgehead atoms. The summed E-state index contributed by atoms with van der Waals surface area (Å²) in [5.41, 5.74) is 6.97. The summed E-state index contributed by atoms with van der Waals surface area (Å²) < 4.78 is 5.28. The molecule has 1 aliphatic rings. The minimum Gasteiger partial charge on any atom is -0.346 e. The quantitative estimate of drug-likeness (QED) is 0.863. The minimum atomic E-state index is -0.271. The van der Waals surface area contributed by atoms with Crippen LogP contribution in [0.15, 0.2) is 34.9 Å². The van der Waals surface area contributed by atoms with Gasteiger partial charge in [-0.2, -0.15) is 4.98 Å². The second kappa shape index (κ2) is 8.26. The maximum absolute atomic E-state index is 12.2. The lowest BCUT2D eigenvalue weighted by Gasteiger charge is -2.14. The summed E-state index contributed by atoms with van der Waals surface area (Å²) in [5.74, 6) is 1.09. The van der Waals surface area contributed by atoms with Crippen molar-refractivity contribution in [3.05, 3.63) is 47.6 Å². The highest BCUT2D eigenvalue weighted by atomic mass is 35.5. The van der Waals surface area contributed by atoms with Crippen LogP contribution in [0.4, 0.5) is 0 Å². The Hall–Kier alpha value is -1.92. The number of hydrogen-bond acceptors (Lipinski definition) is 5. The van der Waals surface area contributed by atoms with Crippen molar-refractivity contribution in [2.24, 2.45) is 11.7 Å². The van der Waals surface area contributed by atoms with Crippen molar-refractivity contribution >= 4 is 18.3 Å². The third-order valence-electron chi connectivity index (χ3n) is 4.27. The standard InChI is InChI=1S/C17H22N4O2.ClH/c1-11(19-17(22)13-7-8-14(18)10-13)16-20-15(23-21-16)9-12-5-3-2-4-6-12;/h2-6,11,13-14H,7-10,18H2,1H3,(H,19,22);1H. The Bertz CT molecular complexity index is 662. The van der Waals surface area contributed by atoms with Crippen LogP contribution in [-0.4, -0.2) is 22.1 Å². The minimum absolute atomic E-state index is 0. The van der Waals surface area contributed by atoms with Crippen molar-refractivity contribution in [2.75, 3.05) is 0 Å². The lowest BCUT2D eigenvalue weighted by Crippen LogP contribution is -2.33. The number of nitrogens with two attached hydrogens (primary N) is 1. The molecule has 1 aromatic carbocycles. The number of aromatic nitrogens is 2. The van der Waals surface area contributed by atoms with Gasteiger partial charge in [-0.1, -0.05) is 35.5 Å². The number of nitrogens with one attached hydrogen (secondary N) is 1. The van der Waals surface area contributed by atoms with E-state index in [1.54, 1.807) is 0 Å². The van der Waals surface area contributed by atoms with E-state index in [0.29, 0.717) is 18.1 Å². The van der Waals surface area contributed by atoms with Gasteiger partial charge in [0, 0.05) is 12.0 Å². The van der Waals surface area contributed by atoms with Crippen LogP contribution in [0.2, 0.25) is 0 Å². The largest absolute Gasteiger partial charge is 0.346 e. The molecule has 1 fully saturated rings. The molecule has 24 heavy (non-hydrogen) atoms. The van der Waals surface area contributed by atoms with Crippen molar-refractivity contribution < 1.29 is 9.32 Å². The van der Waals surface area contributed by atoms with Gasteiger partial charge < -0.3 is 15.6 Å². The smallest absolute Gasteiger partial charge is 0.231 e. The summed E-state index contributed by atoms with van der Waals surface area (Å²) in [6.07, 6.45) is 3.11. The van der Waals surface area contributed by atoms with Gasteiger partial charge in [0.05, 0.1) is 12.5 Å². The van der Waals surface area contributed by atoms with E-state index >= 15 is 0 Å². The molecule has 1 aromatic heterocycles. The number of rotatable bonds is 5. The molecule has 1 amide bonds. The van der Waals surface area contributed by atoms with Gasteiger partial charge in [-0.15, -0.1) is 12.4 Å². The number of hydrogen-bond donors (Lipinski definition) is 2. The van der Waals surface area contributed by atoms with E-state index in [1.165, 1.54) is 0 Å². The van der Waals surface area contributed by atoms with Gasteiger partial charge in [0.15, 0.2) is 5.82 Å². The van der Waals surface area contributed by atoms with Crippen LogP contribution in [0.25, 0.3) is 0 Å². The molecule has 130 valence electrons. The van der Waals surface area contributed by atoms with Gasteiger partial charge >= 0.3 is 0 Å². The first-order valence-electron chi connectivity index (χ1n) is 8.04. The molecule has 3 atom stereocenters. The first-order chi connectivity index (χ1) is 11.1. The van der Waals surface area contributed by atoms with E-state index < -0.39 is 0 Å². The third-order valence-corrected chi connectivity index (χ3v) is 4.27. The molecule has 0 radical (unpaired) electrons. The number of benzene rings is 1. The lowest BCUT2D eigenvalue weighted by atomic mass is 10.1. The molecule has 6 nitrogen and oxygen atoms in total. The van der Waals surface area contributed by atoms with Gasteiger partial charge in [-0.05, 0) is 31.7 Å². The Labute approximate surface area is 147 Å². The molecule has 1 saturated carbocycles. The number of carbonyl (C=O) groups excluding carboxylic acids is 1. The highest BCUT2D eigenvalue weighted by Gasteiger charge is 2.29. The van der Waals surface area contributed by atoms with Crippen molar-refractivity contribution in [3.8, 4) is 0 Å². The van der Waals surface area contributed by atoms with Gasteiger partial charge in [-0.25, -0.2) is 0 Å². The summed E-state index contributed by atoms with van der Waals surface area (Å²) >= 11 is 0. The summed E-state index contributed by atoms with van der Waals surface area (Å²) in [6.45, 7) is 1.87. The van der Waals surface area contributed by atoms with Crippen molar-refractivity contribution in [2.45, 2.75) is 44.7 Å². The van der Waals surface area contributed by atoms with Crippen LogP contribution >= 0.6 is 12.4 Å². The predicted molar refractivity (Wildman–Crippen MR) is 92.7 cm³/mol. The normalized spacial score (nSPS) is 21.1. The van der Waals surface area contributed by atoms with Gasteiger partial charge in [-0.3, -0.25) is 4.79 Å². The maximum Gasteiger partial charge on any atom is 0.231 e. The molecular weight excluding hydrogens is 328 g/mol. The first kappa shape index (κ1) is 18.4. The van der Waals surface area contributed by atoms with Crippen LogP contribution in [-0.2, 0) is 11.2 Å². The molecule has 2 aromatic rings. The predicted octanol–water partition coefficient (Wildman–Crippen LogP) is 2.39. The molecule has 7 heteroatoms. The monoisotopic (exact) mass is 350 g/mol. The Balaban J connectivity index is 0.00000208. The Morgan fingerprint density at radius 1 is 1.38 bits per heavy atom. The molecule has 1 aliphatic carbocycles. The number of nitrogens with zero attached hydrogens (tertiary/aromatic N) is 2. The zero-order chi connectivity index (χ0) is 16.2. The zero-order valence-electron chi connectivity index (χ0n) is 13.6. The van der Waals surface area contributed by atoms with Crippen LogP contribution in [0.3, 0.4) is 0 Å². The highest BCUT2D eigenvalue weighted by molar-refractivity contribution is 5.85. The Morgan fingerprint density at radius 3 is 2.79 bits per heavy atom. The second-order valence-corrected chi connectivity index (χ2v) is 6.21. The summed E-state index contributed by atoms with van der Waals surface area (Å²) in [5, 5.41) is 6.94. The SMILES string of the molecule is CC(NC(=O)C1CCC(N)C1)c1noc(Cc2ccccc2)n1.Cl. The topological polar surface area (TPSA) is 94.0 Å². The Morgan fingerprint density at radius 2 is 2.12 bits per heavy atom. The van der Waals surface area contributed by atoms with E-state index in [2.05, 4.69) is 15.5 Å². The van der Waals surface area contributed by atoms with Gasteiger partial charge in [0.2, 0.25) is 11.8 Å². The Kier molecular flexibility index (Phi) is 6.34. The second-order valence-electron chi connectivity index (χ2n) is 6.21. The fraction of sp³-hybridized carbons (Fsp3) is 0.471. The summed E-state index contributed by atoms with van der Waals surface area (Å²) in [4.78, 5) is 16.6. The van der Waals surface area contributed by atoms with E-state index in [-0.39, 0.29) is 36.3 Å². The molecule has 0 saturated heterocycles. The van der Waals surface area contributed by atoms with Gasteiger partial charge in [0.1, 0.15) is 0 Å². The molecular formula is C17H23ClN4O2. The number of carbonyl (C=O) groups is 1. The third kappa shape index (κ3) is 4.55. The van der Waals surface area contributed by atoms with E-state index in [1.807, 2.05) is 37.3 Å². The summed E-state index contributed by atoms with van der Waals surface area (Å²) in [6, 6.07) is 9.81. The molecule has 3 unspecified atom stereocenters. The van der Waals surface area contributed by atoms with Crippen LogP contribution < -0.4 is 11.1 Å². The van der Waals surface area contributed by atoms with E-state index in [4.69, 9.17) is 10.3 Å². The zero-order valence-corrected chi connectivity index (χ0v) is 14.5. The first-order valence-corrected chi connectivity index (χ1v) is 8.04. The molecule has 0 spiro atoms. The highest BCUT2D eigenvalue weighted by Crippen LogP contribution is 2.25. The molecule has 3 rings (SSSR count). The average Bonchev–Trinajstić information content (AvgIpc) is 3.17. The van der Waals surface area contributed by atoms with Crippen LogP contribution in [0.1, 0.15) is 49.5 Å². The molecule has 1 heterocycles. The van der Waals surface area contributed by atoms with E-state index in [0.717, 1.165) is 24.8 Å². The maximum atomic E-state index is 12.2. The molecule has 0 aliphatic heterocycles. The van der Waals surface area contributed by atoms with Crippen molar-refractivity contribution in [1.29, 1.82) is 0 Å². The average molecular weight is 351 g/mol. The fourth-order valence-corrected chi connectivity index (χ4v) is 2.94. The van der Waals surface area contributed by atoms with Crippen molar-refractivity contribution in [3.63, 3.8) is 0 Å². The van der Waals surface area contributed by atoms with E-state index in [9.17, 15) is 4.79 Å².